The van der Waals surface area contributed by atoms with Crippen LogP contribution >= 0.6 is 23.1 Å². The molecule has 3 rings (SSSR count). The fourth-order valence-electron chi connectivity index (χ4n) is 1.95. The predicted molar refractivity (Wildman–Crippen MR) is 86.6 cm³/mol. The lowest BCUT2D eigenvalue weighted by molar-refractivity contribution is 0.626. The Balaban J connectivity index is 1.79. The number of halogens is 1. The van der Waals surface area contributed by atoms with Gasteiger partial charge in [-0.2, -0.15) is 0 Å². The number of nitrogens with one attached hydrogen (secondary N) is 1. The number of rotatable bonds is 4. The molecule has 3 nitrogen and oxygen atoms in total. The maximum Gasteiger partial charge on any atom is 0.151 e. The monoisotopic (exact) mass is 317 g/mol. The molecule has 6 heteroatoms. The Hall–Kier alpha value is -1.92. The molecule has 21 heavy (non-hydrogen) atoms. The lowest BCUT2D eigenvalue weighted by Crippen LogP contribution is -2.11. The summed E-state index contributed by atoms with van der Waals surface area (Å²) in [5.74, 6) is 0.0982. The number of thiazole rings is 1. The molecule has 0 saturated carbocycles. The Morgan fingerprint density at radius 3 is 2.86 bits per heavy atom. The van der Waals surface area contributed by atoms with Crippen LogP contribution in [0.2, 0.25) is 0 Å². The molecule has 0 spiro atoms. The largest absolute Gasteiger partial charge is 0.384 e. The van der Waals surface area contributed by atoms with Gasteiger partial charge in [0.05, 0.1) is 10.2 Å². The van der Waals surface area contributed by atoms with Crippen LogP contribution in [0.1, 0.15) is 11.1 Å². The van der Waals surface area contributed by atoms with Crippen LogP contribution < -0.4 is 5.73 Å². The molecule has 1 aromatic heterocycles. The predicted octanol–water partition coefficient (Wildman–Crippen LogP) is 4.01. The standard InChI is InChI=1S/C15H12FN3S2/c16-11-6-9(5-10(7-11)14(17)18)8-20-15-19-12-3-1-2-4-13(12)21-15/h1-7H,8H2,(H3,17,18). The maximum absolute atomic E-state index is 13.5. The van der Waals surface area contributed by atoms with Gasteiger partial charge in [0.25, 0.3) is 0 Å². The number of thioether (sulfide) groups is 1. The topological polar surface area (TPSA) is 62.8 Å². The van der Waals surface area contributed by atoms with Crippen LogP contribution in [0.4, 0.5) is 4.39 Å². The quantitative estimate of drug-likeness (QED) is 0.434. The molecule has 0 amide bonds. The van der Waals surface area contributed by atoms with E-state index in [1.165, 1.54) is 12.1 Å². The van der Waals surface area contributed by atoms with E-state index in [0.29, 0.717) is 11.3 Å². The molecule has 106 valence electrons. The van der Waals surface area contributed by atoms with Crippen molar-refractivity contribution in [2.75, 3.05) is 0 Å². The van der Waals surface area contributed by atoms with E-state index >= 15 is 0 Å². The van der Waals surface area contributed by atoms with Gasteiger partial charge in [-0.3, -0.25) is 5.41 Å². The number of benzene rings is 2. The van der Waals surface area contributed by atoms with Gasteiger partial charge in [0, 0.05) is 11.3 Å². The Morgan fingerprint density at radius 2 is 2.10 bits per heavy atom. The number of nitrogens with two attached hydrogens (primary N) is 1. The molecule has 0 aliphatic carbocycles. The average Bonchev–Trinajstić information content (AvgIpc) is 2.87. The highest BCUT2D eigenvalue weighted by atomic mass is 32.2. The van der Waals surface area contributed by atoms with Gasteiger partial charge >= 0.3 is 0 Å². The number of para-hydroxylation sites is 1. The minimum Gasteiger partial charge on any atom is -0.384 e. The molecule has 0 aliphatic rings. The SMILES string of the molecule is N=C(N)c1cc(F)cc(CSc2nc3ccccc3s2)c1. The zero-order valence-corrected chi connectivity index (χ0v) is 12.6. The zero-order valence-electron chi connectivity index (χ0n) is 11.0. The van der Waals surface area contributed by atoms with Gasteiger partial charge in [-0.25, -0.2) is 9.37 Å². The van der Waals surface area contributed by atoms with Crippen LogP contribution in [0.5, 0.6) is 0 Å². The van der Waals surface area contributed by atoms with Crippen molar-refractivity contribution >= 4 is 39.2 Å². The summed E-state index contributed by atoms with van der Waals surface area (Å²) < 4.78 is 15.6. The molecule has 0 fully saturated rings. The van der Waals surface area contributed by atoms with Crippen LogP contribution in [0.3, 0.4) is 0 Å². The van der Waals surface area contributed by atoms with Crippen molar-refractivity contribution in [1.82, 2.24) is 4.98 Å². The molecule has 0 radical (unpaired) electrons. The van der Waals surface area contributed by atoms with Gasteiger partial charge in [0.2, 0.25) is 0 Å². The van der Waals surface area contributed by atoms with Crippen LogP contribution in [-0.2, 0) is 5.75 Å². The van der Waals surface area contributed by atoms with Crippen molar-refractivity contribution < 1.29 is 4.39 Å². The molecule has 0 aliphatic heterocycles. The fraction of sp³-hybridized carbons (Fsp3) is 0.0667. The normalized spacial score (nSPS) is 10.9. The van der Waals surface area contributed by atoms with Crippen molar-refractivity contribution in [3.8, 4) is 0 Å². The first-order valence-corrected chi connectivity index (χ1v) is 8.04. The van der Waals surface area contributed by atoms with Crippen molar-refractivity contribution in [3.63, 3.8) is 0 Å². The molecule has 0 atom stereocenters. The van der Waals surface area contributed by atoms with Crippen molar-refractivity contribution in [1.29, 1.82) is 5.41 Å². The number of aromatic nitrogens is 1. The van der Waals surface area contributed by atoms with Gasteiger partial charge in [0.1, 0.15) is 11.7 Å². The van der Waals surface area contributed by atoms with E-state index in [9.17, 15) is 4.39 Å². The third-order valence-electron chi connectivity index (χ3n) is 2.91. The van der Waals surface area contributed by atoms with E-state index in [0.717, 1.165) is 20.1 Å². The van der Waals surface area contributed by atoms with Gasteiger partial charge in [-0.15, -0.1) is 11.3 Å². The Labute approximate surface area is 129 Å². The first-order chi connectivity index (χ1) is 10.1. The first kappa shape index (κ1) is 14.0. The molecule has 2 aromatic carbocycles. The lowest BCUT2D eigenvalue weighted by atomic mass is 10.1. The van der Waals surface area contributed by atoms with E-state index in [2.05, 4.69) is 4.98 Å². The Morgan fingerprint density at radius 1 is 1.29 bits per heavy atom. The second-order valence-corrected chi connectivity index (χ2v) is 6.75. The summed E-state index contributed by atoms with van der Waals surface area (Å²) in [6.45, 7) is 0. The first-order valence-electron chi connectivity index (χ1n) is 6.24. The van der Waals surface area contributed by atoms with E-state index in [-0.39, 0.29) is 11.7 Å². The molecule has 0 unspecified atom stereocenters. The zero-order chi connectivity index (χ0) is 14.8. The molecule has 3 N–H and O–H groups in total. The van der Waals surface area contributed by atoms with Crippen LogP contribution in [0.15, 0.2) is 46.8 Å². The third-order valence-corrected chi connectivity index (χ3v) is 5.16. The summed E-state index contributed by atoms with van der Waals surface area (Å²) >= 11 is 3.18. The summed E-state index contributed by atoms with van der Waals surface area (Å²) in [5.41, 5.74) is 7.60. The number of amidine groups is 1. The second kappa shape index (κ2) is 5.83. The average molecular weight is 317 g/mol. The number of nitrogen functional groups attached to an aromatic ring is 1. The van der Waals surface area contributed by atoms with Crippen LogP contribution in [-0.4, -0.2) is 10.8 Å². The molecule has 1 heterocycles. The Bertz CT molecular complexity index is 781. The Kier molecular flexibility index (Phi) is 3.90. The second-order valence-electron chi connectivity index (χ2n) is 4.50. The lowest BCUT2D eigenvalue weighted by Gasteiger charge is -2.04. The van der Waals surface area contributed by atoms with Gasteiger partial charge in [0.15, 0.2) is 4.34 Å². The van der Waals surface area contributed by atoms with Gasteiger partial charge in [-0.05, 0) is 35.9 Å². The maximum atomic E-state index is 13.5. The smallest absolute Gasteiger partial charge is 0.151 e. The van der Waals surface area contributed by atoms with Crippen molar-refractivity contribution in [3.05, 3.63) is 59.4 Å². The van der Waals surface area contributed by atoms with E-state index in [4.69, 9.17) is 11.1 Å². The highest BCUT2D eigenvalue weighted by Gasteiger charge is 2.07. The number of fused-ring (bicyclic) bond motifs is 1. The molecule has 0 saturated heterocycles. The van der Waals surface area contributed by atoms with E-state index < -0.39 is 0 Å². The number of hydrogen-bond acceptors (Lipinski definition) is 4. The third kappa shape index (κ3) is 3.22. The summed E-state index contributed by atoms with van der Waals surface area (Å²) in [6.07, 6.45) is 0. The number of nitrogens with zero attached hydrogens (tertiary/aromatic N) is 1. The minimum absolute atomic E-state index is 0.124. The summed E-state index contributed by atoms with van der Waals surface area (Å²) in [5, 5.41) is 7.39. The molecular formula is C15H12FN3S2. The molecular weight excluding hydrogens is 305 g/mol. The molecule has 0 bridgehead atoms. The van der Waals surface area contributed by atoms with E-state index in [1.807, 2.05) is 24.3 Å². The van der Waals surface area contributed by atoms with Crippen molar-refractivity contribution in [2.24, 2.45) is 5.73 Å². The number of hydrogen-bond donors (Lipinski definition) is 2. The summed E-state index contributed by atoms with van der Waals surface area (Å²) in [7, 11) is 0. The molecule has 3 aromatic rings. The van der Waals surface area contributed by atoms with Crippen LogP contribution in [0.25, 0.3) is 10.2 Å². The highest BCUT2D eigenvalue weighted by molar-refractivity contribution is 8.00. The van der Waals surface area contributed by atoms with Crippen LogP contribution in [0, 0.1) is 11.2 Å². The minimum atomic E-state index is -0.373. The summed E-state index contributed by atoms with van der Waals surface area (Å²) in [4.78, 5) is 4.53. The van der Waals surface area contributed by atoms with Gasteiger partial charge in [-0.1, -0.05) is 23.9 Å². The van der Waals surface area contributed by atoms with E-state index in [1.54, 1.807) is 29.2 Å². The van der Waals surface area contributed by atoms with Crippen molar-refractivity contribution in [2.45, 2.75) is 10.1 Å². The summed E-state index contributed by atoms with van der Waals surface area (Å²) in [6, 6.07) is 12.4. The van der Waals surface area contributed by atoms with Gasteiger partial charge < -0.3 is 5.73 Å². The fourth-order valence-corrected chi connectivity index (χ4v) is 3.95. The highest BCUT2D eigenvalue weighted by Crippen LogP contribution is 2.31.